The normalized spacial score (nSPS) is 12.3. The molecule has 0 aliphatic carbocycles. The summed E-state index contributed by atoms with van der Waals surface area (Å²) < 4.78 is 16.1. The summed E-state index contributed by atoms with van der Waals surface area (Å²) in [4.78, 5) is 26.4. The Morgan fingerprint density at radius 1 is 1.03 bits per heavy atom. The Hall–Kier alpha value is -3.07. The van der Waals surface area contributed by atoms with Gasteiger partial charge in [-0.3, -0.25) is 9.59 Å². The van der Waals surface area contributed by atoms with E-state index in [9.17, 15) is 9.59 Å². The van der Waals surface area contributed by atoms with E-state index in [0.717, 1.165) is 16.2 Å². The summed E-state index contributed by atoms with van der Waals surface area (Å²) in [6.45, 7) is 1.85. The van der Waals surface area contributed by atoms with Gasteiger partial charge in [0.15, 0.2) is 11.5 Å². The van der Waals surface area contributed by atoms with Crippen molar-refractivity contribution in [3.05, 3.63) is 64.0 Å². The van der Waals surface area contributed by atoms with Crippen LogP contribution < -0.4 is 20.1 Å². The SMILES string of the molecule is COCCNC(=O)c1ccc(NC(=O)c2ccc(-c3ccc4c(c3)OCCO4)s2)cc1Cl. The Bertz CT molecular complexity index is 1150. The highest BCUT2D eigenvalue weighted by atomic mass is 35.5. The number of methoxy groups -OCH3 is 1. The molecule has 0 radical (unpaired) electrons. The van der Waals surface area contributed by atoms with Gasteiger partial charge in [-0.05, 0) is 54.1 Å². The van der Waals surface area contributed by atoms with Crippen LogP contribution in [0.4, 0.5) is 5.69 Å². The van der Waals surface area contributed by atoms with Crippen LogP contribution in [0.15, 0.2) is 48.5 Å². The van der Waals surface area contributed by atoms with Crippen molar-refractivity contribution in [2.45, 2.75) is 0 Å². The Balaban J connectivity index is 1.43. The molecule has 32 heavy (non-hydrogen) atoms. The molecule has 2 amide bonds. The van der Waals surface area contributed by atoms with Gasteiger partial charge in [-0.2, -0.15) is 0 Å². The number of anilines is 1. The fourth-order valence-electron chi connectivity index (χ4n) is 3.14. The van der Waals surface area contributed by atoms with Crippen molar-refractivity contribution in [3.8, 4) is 21.9 Å². The first kappa shape index (κ1) is 22.1. The molecule has 0 unspecified atom stereocenters. The van der Waals surface area contributed by atoms with E-state index in [0.29, 0.717) is 48.2 Å². The van der Waals surface area contributed by atoms with E-state index in [1.165, 1.54) is 11.3 Å². The fraction of sp³-hybridized carbons (Fsp3) is 0.217. The van der Waals surface area contributed by atoms with Crippen molar-refractivity contribution in [2.24, 2.45) is 0 Å². The highest BCUT2D eigenvalue weighted by molar-refractivity contribution is 7.17. The predicted molar refractivity (Wildman–Crippen MR) is 124 cm³/mol. The average Bonchev–Trinajstić information content (AvgIpc) is 3.29. The molecule has 7 nitrogen and oxygen atoms in total. The Morgan fingerprint density at radius 2 is 1.84 bits per heavy atom. The first-order valence-electron chi connectivity index (χ1n) is 9.93. The number of nitrogens with one attached hydrogen (secondary N) is 2. The minimum absolute atomic E-state index is 0.251. The lowest BCUT2D eigenvalue weighted by molar-refractivity contribution is 0.0937. The van der Waals surface area contributed by atoms with Gasteiger partial charge < -0.3 is 24.8 Å². The van der Waals surface area contributed by atoms with Crippen molar-refractivity contribution in [1.29, 1.82) is 0 Å². The topological polar surface area (TPSA) is 85.9 Å². The molecule has 1 aliphatic rings. The number of halogens is 1. The van der Waals surface area contributed by atoms with E-state index >= 15 is 0 Å². The third-order valence-electron chi connectivity index (χ3n) is 4.72. The summed E-state index contributed by atoms with van der Waals surface area (Å²) in [6, 6.07) is 14.2. The summed E-state index contributed by atoms with van der Waals surface area (Å²) in [6.07, 6.45) is 0. The molecule has 0 bridgehead atoms. The van der Waals surface area contributed by atoms with Gasteiger partial charge >= 0.3 is 0 Å². The number of hydrogen-bond donors (Lipinski definition) is 2. The monoisotopic (exact) mass is 472 g/mol. The number of fused-ring (bicyclic) bond motifs is 1. The number of carbonyl (C=O) groups excluding carboxylic acids is 2. The summed E-state index contributed by atoms with van der Waals surface area (Å²) in [5.74, 6) is 0.871. The second-order valence-corrected chi connectivity index (χ2v) is 8.41. The molecule has 0 fully saturated rings. The maximum absolute atomic E-state index is 12.7. The maximum Gasteiger partial charge on any atom is 0.265 e. The summed E-state index contributed by atoms with van der Waals surface area (Å²) in [5.41, 5.74) is 1.78. The van der Waals surface area contributed by atoms with Gasteiger partial charge in [0.05, 0.1) is 22.1 Å². The molecule has 2 aromatic carbocycles. The Morgan fingerprint density at radius 3 is 2.62 bits per heavy atom. The fourth-order valence-corrected chi connectivity index (χ4v) is 4.31. The number of hydrogen-bond acceptors (Lipinski definition) is 6. The van der Waals surface area contributed by atoms with Gasteiger partial charge in [-0.25, -0.2) is 0 Å². The van der Waals surface area contributed by atoms with Gasteiger partial charge in [-0.15, -0.1) is 11.3 Å². The van der Waals surface area contributed by atoms with E-state index in [1.54, 1.807) is 31.4 Å². The highest BCUT2D eigenvalue weighted by Gasteiger charge is 2.16. The Kier molecular flexibility index (Phi) is 6.94. The lowest BCUT2D eigenvalue weighted by Gasteiger charge is -2.18. The van der Waals surface area contributed by atoms with Gasteiger partial charge in [0.25, 0.3) is 11.8 Å². The third-order valence-corrected chi connectivity index (χ3v) is 6.17. The van der Waals surface area contributed by atoms with E-state index in [1.807, 2.05) is 24.3 Å². The third kappa shape index (κ3) is 5.04. The number of thiophene rings is 1. The van der Waals surface area contributed by atoms with Crippen molar-refractivity contribution in [3.63, 3.8) is 0 Å². The molecular weight excluding hydrogens is 452 g/mol. The summed E-state index contributed by atoms with van der Waals surface area (Å²) >= 11 is 7.62. The first-order chi connectivity index (χ1) is 15.5. The van der Waals surface area contributed by atoms with Crippen LogP contribution in [0, 0.1) is 0 Å². The lowest BCUT2D eigenvalue weighted by Crippen LogP contribution is -2.27. The zero-order valence-corrected chi connectivity index (χ0v) is 18.8. The molecule has 1 aromatic heterocycles. The maximum atomic E-state index is 12.7. The van der Waals surface area contributed by atoms with Gasteiger partial charge in [0.2, 0.25) is 0 Å². The van der Waals surface area contributed by atoms with Crippen molar-refractivity contribution in [1.82, 2.24) is 5.32 Å². The molecule has 2 heterocycles. The van der Waals surface area contributed by atoms with E-state index < -0.39 is 0 Å². The van der Waals surface area contributed by atoms with E-state index in [4.69, 9.17) is 25.8 Å². The zero-order chi connectivity index (χ0) is 22.5. The number of benzene rings is 2. The van der Waals surface area contributed by atoms with Crippen LogP contribution >= 0.6 is 22.9 Å². The van der Waals surface area contributed by atoms with Gasteiger partial charge in [-0.1, -0.05) is 11.6 Å². The van der Waals surface area contributed by atoms with Crippen LogP contribution in [0.1, 0.15) is 20.0 Å². The number of amides is 2. The van der Waals surface area contributed by atoms with Crippen LogP contribution in [0.2, 0.25) is 5.02 Å². The molecule has 2 N–H and O–H groups in total. The second-order valence-electron chi connectivity index (χ2n) is 6.92. The molecule has 3 aromatic rings. The quantitative estimate of drug-likeness (QED) is 0.495. The van der Waals surface area contributed by atoms with Crippen molar-refractivity contribution >= 4 is 40.4 Å². The molecule has 0 saturated heterocycles. The standard InChI is InChI=1S/C23H21ClN2O5S/c1-29-9-8-25-22(27)16-4-3-15(13-17(16)24)26-23(28)21-7-6-20(32-21)14-2-5-18-19(12-14)31-11-10-30-18/h2-7,12-13H,8-11H2,1H3,(H,25,27)(H,26,28). The van der Waals surface area contributed by atoms with Gasteiger partial charge in [0, 0.05) is 24.2 Å². The van der Waals surface area contributed by atoms with Crippen LogP contribution in [0.5, 0.6) is 11.5 Å². The molecule has 0 atom stereocenters. The zero-order valence-electron chi connectivity index (χ0n) is 17.3. The first-order valence-corrected chi connectivity index (χ1v) is 11.1. The average molecular weight is 473 g/mol. The Labute approximate surface area is 194 Å². The molecule has 9 heteroatoms. The van der Waals surface area contributed by atoms with Gasteiger partial charge in [0.1, 0.15) is 13.2 Å². The van der Waals surface area contributed by atoms with Crippen LogP contribution in [-0.2, 0) is 4.74 Å². The molecular formula is C23H21ClN2O5S. The van der Waals surface area contributed by atoms with E-state index in [2.05, 4.69) is 10.6 Å². The minimum atomic E-state index is -0.299. The summed E-state index contributed by atoms with van der Waals surface area (Å²) in [5, 5.41) is 5.79. The molecule has 4 rings (SSSR count). The van der Waals surface area contributed by atoms with E-state index in [-0.39, 0.29) is 16.8 Å². The molecule has 0 spiro atoms. The summed E-state index contributed by atoms with van der Waals surface area (Å²) in [7, 11) is 1.56. The van der Waals surface area contributed by atoms with Crippen molar-refractivity contribution < 1.29 is 23.8 Å². The van der Waals surface area contributed by atoms with Crippen LogP contribution in [0.3, 0.4) is 0 Å². The molecule has 166 valence electrons. The van der Waals surface area contributed by atoms with Crippen LogP contribution in [-0.4, -0.2) is 45.3 Å². The lowest BCUT2D eigenvalue weighted by atomic mass is 10.1. The highest BCUT2D eigenvalue weighted by Crippen LogP contribution is 2.37. The van der Waals surface area contributed by atoms with Crippen LogP contribution in [0.25, 0.3) is 10.4 Å². The second kappa shape index (κ2) is 10.0. The number of carbonyl (C=O) groups is 2. The molecule has 1 aliphatic heterocycles. The predicted octanol–water partition coefficient (Wildman–Crippen LogP) is 4.47. The van der Waals surface area contributed by atoms with Crippen molar-refractivity contribution in [2.75, 3.05) is 38.8 Å². The number of ether oxygens (including phenoxy) is 3. The molecule has 0 saturated carbocycles. The number of rotatable bonds is 7. The smallest absolute Gasteiger partial charge is 0.265 e. The minimum Gasteiger partial charge on any atom is -0.486 e. The largest absolute Gasteiger partial charge is 0.486 e.